The number of hydrogen-bond donors (Lipinski definition) is 4. The predicted octanol–water partition coefficient (Wildman–Crippen LogP) is 5.62. The first-order valence-electron chi connectivity index (χ1n) is 18.9. The topological polar surface area (TPSA) is 164 Å². The molecule has 1 aromatic carbocycles. The van der Waals surface area contributed by atoms with E-state index in [0.717, 1.165) is 12.0 Å². The van der Waals surface area contributed by atoms with Gasteiger partial charge in [0.1, 0.15) is 18.2 Å². The van der Waals surface area contributed by atoms with Crippen LogP contribution in [0.1, 0.15) is 101 Å². The summed E-state index contributed by atoms with van der Waals surface area (Å²) in [6, 6.07) is 6.89. The van der Waals surface area contributed by atoms with Gasteiger partial charge in [0.2, 0.25) is 5.91 Å². The molecule has 296 valence electrons. The van der Waals surface area contributed by atoms with Gasteiger partial charge in [0.25, 0.3) is 5.91 Å². The first-order valence-corrected chi connectivity index (χ1v) is 18.9. The molecular weight excluding hydrogens is 666 g/mol. The first kappa shape index (κ1) is 46.2. The van der Waals surface area contributed by atoms with E-state index in [9.17, 15) is 24.0 Å². The molecule has 52 heavy (non-hydrogen) atoms. The molecule has 0 aliphatic carbocycles. The lowest BCUT2D eigenvalue weighted by molar-refractivity contribution is -0.154. The Bertz CT molecular complexity index is 1220. The zero-order valence-corrected chi connectivity index (χ0v) is 33.5. The van der Waals surface area contributed by atoms with Crippen LogP contribution in [0.5, 0.6) is 0 Å². The van der Waals surface area contributed by atoms with Gasteiger partial charge in [-0.2, -0.15) is 0 Å². The summed E-state index contributed by atoms with van der Waals surface area (Å²) in [5, 5.41) is 10.1. The summed E-state index contributed by atoms with van der Waals surface area (Å²) in [4.78, 5) is 66.2. The van der Waals surface area contributed by atoms with Crippen LogP contribution in [0.4, 0.5) is 9.59 Å². The molecule has 1 aromatic rings. The van der Waals surface area contributed by atoms with Crippen LogP contribution in [-0.4, -0.2) is 85.5 Å². The highest BCUT2D eigenvalue weighted by Gasteiger charge is 2.35. The molecule has 0 bridgehead atoms. The summed E-state index contributed by atoms with van der Waals surface area (Å²) < 4.78 is 16.7. The number of esters is 1. The number of benzene rings is 1. The number of ether oxygens (including phenoxy) is 3. The molecule has 13 nitrogen and oxygen atoms in total. The Morgan fingerprint density at radius 3 is 1.65 bits per heavy atom. The number of carbonyl (C=O) groups excluding carboxylic acids is 5. The van der Waals surface area contributed by atoms with Crippen LogP contribution in [0, 0.1) is 29.6 Å². The molecule has 13 heteroatoms. The lowest BCUT2D eigenvalue weighted by atomic mass is 9.98. The number of carbonyl (C=O) groups is 5. The average Bonchev–Trinajstić information content (AvgIpc) is 3.05. The van der Waals surface area contributed by atoms with Gasteiger partial charge in [0.15, 0.2) is 0 Å². The van der Waals surface area contributed by atoms with Crippen molar-refractivity contribution in [1.82, 2.24) is 26.4 Å². The fraction of sp³-hybridized carbons (Fsp3) is 0.718. The number of hydrazine groups is 1. The van der Waals surface area contributed by atoms with Crippen molar-refractivity contribution in [1.29, 1.82) is 0 Å². The Labute approximate surface area is 312 Å². The van der Waals surface area contributed by atoms with Crippen molar-refractivity contribution in [2.24, 2.45) is 29.6 Å². The second-order valence-electron chi connectivity index (χ2n) is 15.4. The van der Waals surface area contributed by atoms with Gasteiger partial charge in [0, 0.05) is 13.0 Å². The summed E-state index contributed by atoms with van der Waals surface area (Å²) >= 11 is 0. The van der Waals surface area contributed by atoms with E-state index in [-0.39, 0.29) is 55.8 Å². The van der Waals surface area contributed by atoms with E-state index >= 15 is 0 Å². The summed E-state index contributed by atoms with van der Waals surface area (Å²) in [7, 11) is 0. The van der Waals surface area contributed by atoms with E-state index in [0.29, 0.717) is 19.4 Å². The van der Waals surface area contributed by atoms with Crippen LogP contribution in [-0.2, 0) is 35.0 Å². The molecule has 0 radical (unpaired) electrons. The number of hydrogen-bond acceptors (Lipinski definition) is 9. The highest BCUT2D eigenvalue weighted by Crippen LogP contribution is 2.15. The maximum Gasteiger partial charge on any atom is 0.407 e. The van der Waals surface area contributed by atoms with Crippen molar-refractivity contribution in [3.63, 3.8) is 0 Å². The Hall–Kier alpha value is -3.87. The van der Waals surface area contributed by atoms with Crippen molar-refractivity contribution in [3.8, 4) is 0 Å². The Morgan fingerprint density at radius 1 is 0.673 bits per heavy atom. The average molecular weight is 734 g/mol. The highest BCUT2D eigenvalue weighted by atomic mass is 16.6. The monoisotopic (exact) mass is 733 g/mol. The molecule has 4 amide bonds. The molecular formula is C39H67N5O8. The molecule has 0 spiro atoms. The number of amides is 4. The summed E-state index contributed by atoms with van der Waals surface area (Å²) in [6.45, 7) is 21.7. The van der Waals surface area contributed by atoms with Gasteiger partial charge >= 0.3 is 18.2 Å². The van der Waals surface area contributed by atoms with Crippen LogP contribution in [0.3, 0.4) is 0 Å². The molecule has 4 atom stereocenters. The normalized spacial score (nSPS) is 13.9. The molecule has 0 saturated heterocycles. The molecule has 0 heterocycles. The van der Waals surface area contributed by atoms with Gasteiger partial charge in [-0.15, -0.1) is 0 Å². The molecule has 1 rings (SSSR count). The molecule has 2 unspecified atom stereocenters. The van der Waals surface area contributed by atoms with Crippen LogP contribution in [0.2, 0.25) is 0 Å². The minimum absolute atomic E-state index is 0.0262. The Morgan fingerprint density at radius 2 is 1.19 bits per heavy atom. The van der Waals surface area contributed by atoms with Gasteiger partial charge in [-0.3, -0.25) is 19.8 Å². The molecule has 0 saturated carbocycles. The highest BCUT2D eigenvalue weighted by molar-refractivity contribution is 5.86. The van der Waals surface area contributed by atoms with Gasteiger partial charge in [-0.1, -0.05) is 113 Å². The fourth-order valence-electron chi connectivity index (χ4n) is 5.15. The van der Waals surface area contributed by atoms with E-state index in [1.54, 1.807) is 5.01 Å². The fourth-order valence-corrected chi connectivity index (χ4v) is 5.15. The van der Waals surface area contributed by atoms with Crippen LogP contribution >= 0.6 is 0 Å². The van der Waals surface area contributed by atoms with Crippen molar-refractivity contribution in [3.05, 3.63) is 35.9 Å². The third kappa shape index (κ3) is 19.1. The summed E-state index contributed by atoms with van der Waals surface area (Å²) in [5.41, 5.74) is 3.84. The Kier molecular flexibility index (Phi) is 21.6. The zero-order chi connectivity index (χ0) is 39.4. The molecule has 0 aliphatic heterocycles. The third-order valence-electron chi connectivity index (χ3n) is 7.89. The lowest BCUT2D eigenvalue weighted by Crippen LogP contribution is -2.60. The third-order valence-corrected chi connectivity index (χ3v) is 7.89. The van der Waals surface area contributed by atoms with E-state index in [1.807, 2.05) is 106 Å². The standard InChI is InChI=1S/C39H67N5O8/c1-12-13-19-33(45)52-32(22-44(21-25(2)3)43-37(47)35(29(10)11)42-39(49)51-24-27(6)7)31(20-30-17-15-14-16-18-30)40-36(46)34(28(8)9)41-38(48)50-23-26(4)5/h14-18,25-29,31-32,34-35H,12-13,19-24H2,1-11H3,(H,40,46)(H,41,48)(H,42,49)(H,43,47)/t31?,32?,34-,35-/m0/s1. The summed E-state index contributed by atoms with van der Waals surface area (Å²) in [6.07, 6.45) is -0.412. The van der Waals surface area contributed by atoms with Gasteiger partial charge < -0.3 is 30.2 Å². The van der Waals surface area contributed by atoms with E-state index in [1.165, 1.54) is 0 Å². The van der Waals surface area contributed by atoms with Crippen molar-refractivity contribution >= 4 is 30.0 Å². The number of rotatable bonds is 23. The van der Waals surface area contributed by atoms with Gasteiger partial charge in [0.05, 0.1) is 25.8 Å². The maximum absolute atomic E-state index is 14.0. The molecule has 0 aliphatic rings. The van der Waals surface area contributed by atoms with Crippen molar-refractivity contribution in [2.75, 3.05) is 26.3 Å². The quantitative estimate of drug-likeness (QED) is 0.0635. The first-order chi connectivity index (χ1) is 24.4. The minimum Gasteiger partial charge on any atom is -0.459 e. The van der Waals surface area contributed by atoms with Crippen molar-refractivity contribution in [2.45, 2.75) is 126 Å². The van der Waals surface area contributed by atoms with Gasteiger partial charge in [-0.25, -0.2) is 14.6 Å². The van der Waals surface area contributed by atoms with E-state index < -0.39 is 54.2 Å². The minimum atomic E-state index is -0.936. The second-order valence-corrected chi connectivity index (χ2v) is 15.4. The molecule has 0 aromatic heterocycles. The number of nitrogens with zero attached hydrogens (tertiary/aromatic N) is 1. The predicted molar refractivity (Wildman–Crippen MR) is 202 cm³/mol. The smallest absolute Gasteiger partial charge is 0.407 e. The van der Waals surface area contributed by atoms with Gasteiger partial charge in [-0.05, 0) is 48.0 Å². The van der Waals surface area contributed by atoms with E-state index in [2.05, 4.69) is 21.4 Å². The van der Waals surface area contributed by atoms with Crippen LogP contribution in [0.15, 0.2) is 30.3 Å². The van der Waals surface area contributed by atoms with Crippen LogP contribution in [0.25, 0.3) is 0 Å². The van der Waals surface area contributed by atoms with Crippen molar-refractivity contribution < 1.29 is 38.2 Å². The number of alkyl carbamates (subject to hydrolysis) is 2. The zero-order valence-electron chi connectivity index (χ0n) is 33.5. The number of nitrogens with one attached hydrogen (secondary N) is 4. The lowest BCUT2D eigenvalue weighted by Gasteiger charge is -2.35. The second kappa shape index (κ2) is 24.4. The number of unbranched alkanes of at least 4 members (excludes halogenated alkanes) is 1. The SMILES string of the molecule is CCCCC(=O)OC(CN(CC(C)C)NC(=O)[C@@H](NC(=O)OCC(C)C)C(C)C)C(Cc1ccccc1)NC(=O)[C@@H](NC(=O)OCC(C)C)C(C)C. The Balaban J connectivity index is 3.53. The van der Waals surface area contributed by atoms with Crippen LogP contribution < -0.4 is 21.4 Å². The molecule has 4 N–H and O–H groups in total. The van der Waals surface area contributed by atoms with E-state index in [4.69, 9.17) is 14.2 Å². The largest absolute Gasteiger partial charge is 0.459 e. The maximum atomic E-state index is 14.0. The summed E-state index contributed by atoms with van der Waals surface area (Å²) in [5.74, 6) is -1.59. The molecule has 0 fully saturated rings.